The van der Waals surface area contributed by atoms with Crippen LogP contribution in [0.5, 0.6) is 0 Å². The zero-order valence-corrected chi connectivity index (χ0v) is 16.0. The van der Waals surface area contributed by atoms with Crippen molar-refractivity contribution in [3.63, 3.8) is 0 Å². The molecule has 2 aromatic carbocycles. The van der Waals surface area contributed by atoms with Gasteiger partial charge in [0.2, 0.25) is 5.91 Å². The van der Waals surface area contributed by atoms with Gasteiger partial charge in [-0.15, -0.1) is 0 Å². The molecular formula is C20H19ClN4O2. The zero-order valence-electron chi connectivity index (χ0n) is 15.3. The van der Waals surface area contributed by atoms with E-state index in [-0.39, 0.29) is 18.4 Å². The fraction of sp³-hybridized carbons (Fsp3) is 0.200. The molecule has 0 saturated heterocycles. The van der Waals surface area contributed by atoms with Gasteiger partial charge in [-0.2, -0.15) is 0 Å². The van der Waals surface area contributed by atoms with E-state index in [9.17, 15) is 9.59 Å². The Morgan fingerprint density at radius 2 is 1.70 bits per heavy atom. The summed E-state index contributed by atoms with van der Waals surface area (Å²) in [6.45, 7) is 3.67. The minimum Gasteiger partial charge on any atom is -0.332 e. The monoisotopic (exact) mass is 382 g/mol. The van der Waals surface area contributed by atoms with Gasteiger partial charge in [-0.1, -0.05) is 23.7 Å². The Balaban J connectivity index is 1.73. The summed E-state index contributed by atoms with van der Waals surface area (Å²) in [5, 5.41) is 3.15. The van der Waals surface area contributed by atoms with Crippen molar-refractivity contribution in [2.24, 2.45) is 0 Å². The number of aryl methyl sites for hydroxylation is 2. The molecule has 1 aromatic heterocycles. The number of anilines is 1. The summed E-state index contributed by atoms with van der Waals surface area (Å²) >= 11 is 6.03. The number of para-hydroxylation sites is 1. The third-order valence-corrected chi connectivity index (χ3v) is 4.53. The molecule has 0 atom stereocenters. The highest BCUT2D eigenvalue weighted by Crippen LogP contribution is 2.20. The first-order chi connectivity index (χ1) is 12.8. The van der Waals surface area contributed by atoms with E-state index in [1.807, 2.05) is 13.8 Å². The lowest BCUT2D eigenvalue weighted by atomic mass is 10.1. The van der Waals surface area contributed by atoms with Crippen molar-refractivity contribution in [1.29, 1.82) is 0 Å². The van der Waals surface area contributed by atoms with Crippen LogP contribution in [-0.4, -0.2) is 40.3 Å². The number of carbonyl (C=O) groups excluding carboxylic acids is 2. The highest BCUT2D eigenvalue weighted by atomic mass is 35.5. The number of hydrogen-bond donors (Lipinski definition) is 1. The Morgan fingerprint density at radius 3 is 2.41 bits per heavy atom. The predicted molar refractivity (Wildman–Crippen MR) is 106 cm³/mol. The number of carbonyl (C=O) groups is 2. The van der Waals surface area contributed by atoms with E-state index in [0.29, 0.717) is 21.8 Å². The number of nitrogens with zero attached hydrogens (tertiary/aromatic N) is 3. The van der Waals surface area contributed by atoms with Crippen molar-refractivity contribution in [3.8, 4) is 0 Å². The zero-order chi connectivity index (χ0) is 19.6. The van der Waals surface area contributed by atoms with Crippen molar-refractivity contribution >= 4 is 40.1 Å². The molecule has 0 spiro atoms. The van der Waals surface area contributed by atoms with Crippen molar-refractivity contribution in [1.82, 2.24) is 14.9 Å². The number of nitrogens with one attached hydrogen (secondary N) is 1. The molecule has 3 aromatic rings. The smallest absolute Gasteiger partial charge is 0.254 e. The van der Waals surface area contributed by atoms with Crippen molar-refractivity contribution in [2.75, 3.05) is 18.9 Å². The van der Waals surface area contributed by atoms with E-state index in [2.05, 4.69) is 15.3 Å². The van der Waals surface area contributed by atoms with Crippen molar-refractivity contribution in [3.05, 3.63) is 64.4 Å². The molecule has 0 aliphatic carbocycles. The molecule has 0 aliphatic rings. The van der Waals surface area contributed by atoms with Gasteiger partial charge in [0, 0.05) is 12.6 Å². The number of rotatable bonds is 4. The number of amides is 2. The number of aromatic nitrogens is 2. The normalized spacial score (nSPS) is 10.7. The number of benzene rings is 2. The molecule has 1 heterocycles. The molecule has 138 valence electrons. The quantitative estimate of drug-likeness (QED) is 0.747. The van der Waals surface area contributed by atoms with E-state index >= 15 is 0 Å². The molecule has 27 heavy (non-hydrogen) atoms. The Labute approximate surface area is 162 Å². The van der Waals surface area contributed by atoms with Crippen molar-refractivity contribution < 1.29 is 9.59 Å². The van der Waals surface area contributed by atoms with Crippen LogP contribution in [0.15, 0.2) is 42.5 Å². The summed E-state index contributed by atoms with van der Waals surface area (Å²) < 4.78 is 0. The SMILES string of the molecule is Cc1nc2ccc(C(=O)N(C)CC(=O)Nc3ccccc3Cl)cc2nc1C. The van der Waals surface area contributed by atoms with Crippen molar-refractivity contribution in [2.45, 2.75) is 13.8 Å². The van der Waals surface area contributed by atoms with Crippen LogP contribution < -0.4 is 5.32 Å². The Kier molecular flexibility index (Phi) is 5.37. The topological polar surface area (TPSA) is 75.2 Å². The molecule has 0 aliphatic heterocycles. The molecule has 7 heteroatoms. The van der Waals surface area contributed by atoms with Gasteiger partial charge in [0.25, 0.3) is 5.91 Å². The first kappa shape index (κ1) is 18.8. The third-order valence-electron chi connectivity index (χ3n) is 4.20. The maximum absolute atomic E-state index is 12.7. The summed E-state index contributed by atoms with van der Waals surface area (Å²) in [4.78, 5) is 35.2. The second kappa shape index (κ2) is 7.72. The van der Waals surface area contributed by atoms with Crippen LogP contribution in [-0.2, 0) is 4.79 Å². The first-order valence-corrected chi connectivity index (χ1v) is 8.78. The van der Waals surface area contributed by atoms with E-state index < -0.39 is 0 Å². The van der Waals surface area contributed by atoms with Gasteiger partial charge in [-0.3, -0.25) is 9.59 Å². The highest BCUT2D eigenvalue weighted by Gasteiger charge is 2.16. The van der Waals surface area contributed by atoms with E-state index in [1.165, 1.54) is 4.90 Å². The standard InChI is InChI=1S/C20H19ClN4O2/c1-12-13(2)23-18-10-14(8-9-17(18)22-12)20(27)25(3)11-19(26)24-16-7-5-4-6-15(16)21/h4-10H,11H2,1-3H3,(H,24,26). The first-order valence-electron chi connectivity index (χ1n) is 8.40. The molecule has 3 rings (SSSR count). The van der Waals surface area contributed by atoms with Gasteiger partial charge >= 0.3 is 0 Å². The fourth-order valence-corrected chi connectivity index (χ4v) is 2.81. The lowest BCUT2D eigenvalue weighted by Gasteiger charge is -2.17. The summed E-state index contributed by atoms with van der Waals surface area (Å²) in [5.74, 6) is -0.600. The molecule has 1 N–H and O–H groups in total. The van der Waals surface area contributed by atoms with Crippen LogP contribution in [0.2, 0.25) is 5.02 Å². The maximum Gasteiger partial charge on any atom is 0.254 e. The van der Waals surface area contributed by atoms with Crippen LogP contribution in [0, 0.1) is 13.8 Å². The Bertz CT molecular complexity index is 1040. The maximum atomic E-state index is 12.7. The number of halogens is 1. The lowest BCUT2D eigenvalue weighted by Crippen LogP contribution is -2.35. The average molecular weight is 383 g/mol. The van der Waals surface area contributed by atoms with E-state index in [4.69, 9.17) is 11.6 Å². The second-order valence-electron chi connectivity index (χ2n) is 6.29. The molecular weight excluding hydrogens is 364 g/mol. The minimum atomic E-state index is -0.328. The Hall–Kier alpha value is -2.99. The highest BCUT2D eigenvalue weighted by molar-refractivity contribution is 6.33. The number of hydrogen-bond acceptors (Lipinski definition) is 4. The average Bonchev–Trinajstić information content (AvgIpc) is 2.63. The van der Waals surface area contributed by atoms with Crippen LogP contribution in [0.1, 0.15) is 21.7 Å². The third kappa shape index (κ3) is 4.23. The molecule has 6 nitrogen and oxygen atoms in total. The van der Waals surface area contributed by atoms with E-state index in [0.717, 1.165) is 16.9 Å². The van der Waals surface area contributed by atoms with Gasteiger partial charge in [0.15, 0.2) is 0 Å². The molecule has 0 unspecified atom stereocenters. The van der Waals surface area contributed by atoms with Gasteiger partial charge in [-0.05, 0) is 44.2 Å². The number of likely N-dealkylation sites (N-methyl/N-ethyl adjacent to an activating group) is 1. The molecule has 0 radical (unpaired) electrons. The second-order valence-corrected chi connectivity index (χ2v) is 6.69. The van der Waals surface area contributed by atoms with Crippen LogP contribution in [0.25, 0.3) is 11.0 Å². The largest absolute Gasteiger partial charge is 0.332 e. The van der Waals surface area contributed by atoms with Crippen LogP contribution in [0.3, 0.4) is 0 Å². The number of fused-ring (bicyclic) bond motifs is 1. The summed E-state index contributed by atoms with van der Waals surface area (Å²) in [5.41, 5.74) is 4.02. The molecule has 2 amide bonds. The van der Waals surface area contributed by atoms with Crippen LogP contribution in [0.4, 0.5) is 5.69 Å². The van der Waals surface area contributed by atoms with Gasteiger partial charge in [-0.25, -0.2) is 9.97 Å². The van der Waals surface area contributed by atoms with Gasteiger partial charge in [0.1, 0.15) is 0 Å². The predicted octanol–water partition coefficient (Wildman–Crippen LogP) is 3.61. The van der Waals surface area contributed by atoms with Crippen LogP contribution >= 0.6 is 11.6 Å². The van der Waals surface area contributed by atoms with E-state index in [1.54, 1.807) is 49.5 Å². The fourth-order valence-electron chi connectivity index (χ4n) is 2.62. The van der Waals surface area contributed by atoms with Gasteiger partial charge < -0.3 is 10.2 Å². The lowest BCUT2D eigenvalue weighted by molar-refractivity contribution is -0.116. The Morgan fingerprint density at radius 1 is 1.04 bits per heavy atom. The molecule has 0 bridgehead atoms. The summed E-state index contributed by atoms with van der Waals surface area (Å²) in [6, 6.07) is 12.1. The summed E-state index contributed by atoms with van der Waals surface area (Å²) in [6.07, 6.45) is 0. The molecule has 0 saturated carbocycles. The van der Waals surface area contributed by atoms with Gasteiger partial charge in [0.05, 0.1) is 39.7 Å². The summed E-state index contributed by atoms with van der Waals surface area (Å²) in [7, 11) is 1.57. The molecule has 0 fully saturated rings. The minimum absolute atomic E-state index is 0.0965.